The van der Waals surface area contributed by atoms with Crippen LogP contribution in [0.4, 0.5) is 0 Å². The van der Waals surface area contributed by atoms with Crippen LogP contribution in [-0.2, 0) is 9.53 Å². The smallest absolute Gasteiger partial charge is 0.302 e. The molecule has 2 aromatic rings. The van der Waals surface area contributed by atoms with Gasteiger partial charge in [-0.15, -0.1) is 0 Å². The van der Waals surface area contributed by atoms with Gasteiger partial charge in [0.2, 0.25) is 0 Å². The number of benzene rings is 1. The maximum absolute atomic E-state index is 10.6. The number of fused-ring (bicyclic) bond motifs is 1. The molecule has 0 unspecified atom stereocenters. The molecule has 2 rings (SSSR count). The molecule has 1 aromatic heterocycles. The zero-order valence-electron chi connectivity index (χ0n) is 8.97. The van der Waals surface area contributed by atoms with Crippen molar-refractivity contribution in [2.24, 2.45) is 0 Å². The van der Waals surface area contributed by atoms with E-state index in [1.807, 2.05) is 30.3 Å². The number of para-hydroxylation sites is 1. The summed E-state index contributed by atoms with van der Waals surface area (Å²) in [5, 5.41) is 1.06. The number of carbonyl (C=O) groups excluding carboxylic acids is 1. The molecule has 3 nitrogen and oxygen atoms in total. The summed E-state index contributed by atoms with van der Waals surface area (Å²) in [6, 6.07) is 7.82. The van der Waals surface area contributed by atoms with E-state index >= 15 is 0 Å². The maximum atomic E-state index is 10.6. The summed E-state index contributed by atoms with van der Waals surface area (Å²) in [6.45, 7) is 1.67. The van der Waals surface area contributed by atoms with Crippen molar-refractivity contribution in [2.75, 3.05) is 6.61 Å². The van der Waals surface area contributed by atoms with Crippen LogP contribution in [0.25, 0.3) is 17.0 Å². The van der Waals surface area contributed by atoms with E-state index in [2.05, 4.69) is 0 Å². The molecular formula is C13H12O3. The molecule has 0 aliphatic heterocycles. The first-order valence-corrected chi connectivity index (χ1v) is 5.03. The molecule has 0 saturated heterocycles. The number of hydrogen-bond acceptors (Lipinski definition) is 3. The van der Waals surface area contributed by atoms with E-state index in [-0.39, 0.29) is 12.6 Å². The summed E-state index contributed by atoms with van der Waals surface area (Å²) < 4.78 is 10.2. The largest absolute Gasteiger partial charge is 0.464 e. The lowest BCUT2D eigenvalue weighted by molar-refractivity contribution is -0.139. The lowest BCUT2D eigenvalue weighted by Gasteiger charge is -1.96. The van der Waals surface area contributed by atoms with Gasteiger partial charge in [-0.05, 0) is 12.1 Å². The van der Waals surface area contributed by atoms with Gasteiger partial charge in [0.25, 0.3) is 0 Å². The third-order valence-electron chi connectivity index (χ3n) is 2.19. The monoisotopic (exact) mass is 216 g/mol. The molecule has 0 spiro atoms. The van der Waals surface area contributed by atoms with E-state index in [0.717, 1.165) is 16.5 Å². The van der Waals surface area contributed by atoms with Crippen LogP contribution in [0.15, 0.2) is 41.0 Å². The summed E-state index contributed by atoms with van der Waals surface area (Å²) in [4.78, 5) is 10.6. The van der Waals surface area contributed by atoms with Gasteiger partial charge >= 0.3 is 5.97 Å². The predicted octanol–water partition coefficient (Wildman–Crippen LogP) is 3.01. The van der Waals surface area contributed by atoms with Crippen LogP contribution in [0, 0.1) is 0 Å². The average molecular weight is 216 g/mol. The van der Waals surface area contributed by atoms with E-state index < -0.39 is 0 Å². The molecule has 16 heavy (non-hydrogen) atoms. The Kier molecular flexibility index (Phi) is 3.05. The van der Waals surface area contributed by atoms with Crippen LogP contribution >= 0.6 is 0 Å². The molecule has 0 atom stereocenters. The number of rotatable bonds is 3. The lowest BCUT2D eigenvalue weighted by atomic mass is 10.1. The predicted molar refractivity (Wildman–Crippen MR) is 61.9 cm³/mol. The molecule has 0 radical (unpaired) electrons. The highest BCUT2D eigenvalue weighted by Gasteiger charge is 1.99. The van der Waals surface area contributed by atoms with Gasteiger partial charge in [-0.1, -0.05) is 24.3 Å². The van der Waals surface area contributed by atoms with Crippen molar-refractivity contribution in [1.82, 2.24) is 0 Å². The highest BCUT2D eigenvalue weighted by molar-refractivity contribution is 5.85. The van der Waals surface area contributed by atoms with Crippen LogP contribution in [0.3, 0.4) is 0 Å². The third kappa shape index (κ3) is 2.31. The standard InChI is InChI=1S/C13H12O3/c1-10(14)15-8-3-6-11-4-2-5-12-7-9-16-13(11)12/h2-7,9H,8H2,1H3. The molecule has 0 aliphatic rings. The minimum absolute atomic E-state index is 0.277. The molecule has 0 saturated carbocycles. The first-order chi connectivity index (χ1) is 7.77. The maximum Gasteiger partial charge on any atom is 0.302 e. The summed E-state index contributed by atoms with van der Waals surface area (Å²) in [7, 11) is 0. The number of ether oxygens (including phenoxy) is 1. The number of carbonyl (C=O) groups is 1. The van der Waals surface area contributed by atoms with Gasteiger partial charge in [-0.25, -0.2) is 0 Å². The van der Waals surface area contributed by atoms with Crippen LogP contribution in [0.5, 0.6) is 0 Å². The molecule has 3 heteroatoms. The zero-order valence-corrected chi connectivity index (χ0v) is 8.97. The summed E-state index contributed by atoms with van der Waals surface area (Å²) >= 11 is 0. The van der Waals surface area contributed by atoms with E-state index in [0.29, 0.717) is 0 Å². The Morgan fingerprint density at radius 3 is 3.12 bits per heavy atom. The minimum Gasteiger partial charge on any atom is -0.464 e. The van der Waals surface area contributed by atoms with Gasteiger partial charge in [0.15, 0.2) is 0 Å². The van der Waals surface area contributed by atoms with Gasteiger partial charge in [-0.3, -0.25) is 4.79 Å². The van der Waals surface area contributed by atoms with E-state index in [1.165, 1.54) is 6.92 Å². The second-order valence-electron chi connectivity index (χ2n) is 3.39. The highest BCUT2D eigenvalue weighted by Crippen LogP contribution is 2.20. The van der Waals surface area contributed by atoms with Gasteiger partial charge in [0, 0.05) is 17.9 Å². The minimum atomic E-state index is -0.277. The second-order valence-corrected chi connectivity index (χ2v) is 3.39. The molecule has 0 bridgehead atoms. The summed E-state index contributed by atoms with van der Waals surface area (Å²) in [6.07, 6.45) is 5.33. The van der Waals surface area contributed by atoms with Crippen molar-refractivity contribution < 1.29 is 13.9 Å². The molecule has 0 amide bonds. The topological polar surface area (TPSA) is 39.4 Å². The Bertz CT molecular complexity index is 523. The molecule has 0 fully saturated rings. The molecule has 0 aliphatic carbocycles. The van der Waals surface area contributed by atoms with Crippen molar-refractivity contribution in [3.63, 3.8) is 0 Å². The van der Waals surface area contributed by atoms with Crippen LogP contribution in [-0.4, -0.2) is 12.6 Å². The van der Waals surface area contributed by atoms with Crippen molar-refractivity contribution >= 4 is 23.0 Å². The van der Waals surface area contributed by atoms with Crippen molar-refractivity contribution in [2.45, 2.75) is 6.92 Å². The van der Waals surface area contributed by atoms with Crippen LogP contribution < -0.4 is 0 Å². The average Bonchev–Trinajstić information content (AvgIpc) is 2.72. The van der Waals surface area contributed by atoms with E-state index in [1.54, 1.807) is 12.3 Å². The van der Waals surface area contributed by atoms with Crippen LogP contribution in [0.1, 0.15) is 12.5 Å². The SMILES string of the molecule is CC(=O)OCC=Cc1cccc2ccoc12. The van der Waals surface area contributed by atoms with Gasteiger partial charge in [0.05, 0.1) is 6.26 Å². The van der Waals surface area contributed by atoms with E-state index in [4.69, 9.17) is 9.15 Å². The van der Waals surface area contributed by atoms with Gasteiger partial charge < -0.3 is 9.15 Å². The Morgan fingerprint density at radius 1 is 1.44 bits per heavy atom. The Balaban J connectivity index is 2.14. The van der Waals surface area contributed by atoms with Crippen molar-refractivity contribution in [1.29, 1.82) is 0 Å². The second kappa shape index (κ2) is 4.66. The molecule has 0 N–H and O–H groups in total. The molecule has 1 heterocycles. The van der Waals surface area contributed by atoms with Gasteiger partial charge in [-0.2, -0.15) is 0 Å². The molecule has 1 aromatic carbocycles. The quantitative estimate of drug-likeness (QED) is 0.740. The molecule has 82 valence electrons. The van der Waals surface area contributed by atoms with Crippen molar-refractivity contribution in [3.8, 4) is 0 Å². The van der Waals surface area contributed by atoms with Crippen molar-refractivity contribution in [3.05, 3.63) is 42.2 Å². The highest BCUT2D eigenvalue weighted by atomic mass is 16.5. The fourth-order valence-corrected chi connectivity index (χ4v) is 1.49. The van der Waals surface area contributed by atoms with Gasteiger partial charge in [0.1, 0.15) is 12.2 Å². The third-order valence-corrected chi connectivity index (χ3v) is 2.19. The Morgan fingerprint density at radius 2 is 2.31 bits per heavy atom. The zero-order chi connectivity index (χ0) is 11.4. The first-order valence-electron chi connectivity index (χ1n) is 5.03. The Hall–Kier alpha value is -2.03. The normalized spacial score (nSPS) is 11.1. The first kappa shape index (κ1) is 10.5. The van der Waals surface area contributed by atoms with Crippen LogP contribution in [0.2, 0.25) is 0 Å². The number of hydrogen-bond donors (Lipinski definition) is 0. The summed E-state index contributed by atoms with van der Waals surface area (Å²) in [5.74, 6) is -0.277. The number of esters is 1. The number of furan rings is 1. The fourth-order valence-electron chi connectivity index (χ4n) is 1.49. The van der Waals surface area contributed by atoms with E-state index in [9.17, 15) is 4.79 Å². The summed E-state index contributed by atoms with van der Waals surface area (Å²) in [5.41, 5.74) is 1.83. The lowest BCUT2D eigenvalue weighted by Crippen LogP contribution is -1.97. The fraction of sp³-hybridized carbons (Fsp3) is 0.154. The Labute approximate surface area is 93.3 Å². The molecular weight excluding hydrogens is 204 g/mol.